The van der Waals surface area contributed by atoms with E-state index in [2.05, 4.69) is 10.2 Å². The van der Waals surface area contributed by atoms with E-state index in [1.807, 2.05) is 55.5 Å². The quantitative estimate of drug-likeness (QED) is 0.731. The average Bonchev–Trinajstić information content (AvgIpc) is 2.55. The Labute approximate surface area is 123 Å². The zero-order chi connectivity index (χ0) is 14.7. The van der Waals surface area contributed by atoms with Gasteiger partial charge < -0.3 is 9.47 Å². The van der Waals surface area contributed by atoms with E-state index in [0.717, 1.165) is 27.8 Å². The first-order valence-electron chi connectivity index (χ1n) is 6.86. The maximum atomic E-state index is 5.46. The number of methoxy groups -OCH3 is 1. The van der Waals surface area contributed by atoms with E-state index in [1.165, 1.54) is 0 Å². The van der Waals surface area contributed by atoms with Crippen molar-refractivity contribution in [3.05, 3.63) is 48.5 Å². The third kappa shape index (κ3) is 2.52. The first kappa shape index (κ1) is 13.4. The topological polar surface area (TPSA) is 44.2 Å². The number of hydrogen-bond acceptors (Lipinski definition) is 4. The molecule has 0 aliphatic carbocycles. The summed E-state index contributed by atoms with van der Waals surface area (Å²) in [5, 5.41) is 10.4. The molecule has 4 heteroatoms. The summed E-state index contributed by atoms with van der Waals surface area (Å²) in [6.07, 6.45) is 0. The molecule has 0 atom stereocenters. The average molecular weight is 280 g/mol. The molecule has 0 saturated heterocycles. The highest BCUT2D eigenvalue weighted by Gasteiger charge is 2.10. The van der Waals surface area contributed by atoms with Crippen LogP contribution in [0.15, 0.2) is 48.5 Å². The molecule has 0 unspecified atom stereocenters. The summed E-state index contributed by atoms with van der Waals surface area (Å²) in [6.45, 7) is 2.63. The summed E-state index contributed by atoms with van der Waals surface area (Å²) in [6, 6.07) is 15.8. The van der Waals surface area contributed by atoms with E-state index in [4.69, 9.17) is 9.47 Å². The van der Waals surface area contributed by atoms with Crippen LogP contribution in [0.1, 0.15) is 6.92 Å². The Bertz CT molecular complexity index is 754. The molecule has 106 valence electrons. The minimum absolute atomic E-state index is 0.542. The van der Waals surface area contributed by atoms with E-state index in [1.54, 1.807) is 7.11 Å². The molecule has 3 rings (SSSR count). The van der Waals surface area contributed by atoms with Gasteiger partial charge in [-0.2, -0.15) is 0 Å². The van der Waals surface area contributed by atoms with Crippen molar-refractivity contribution < 1.29 is 9.47 Å². The van der Waals surface area contributed by atoms with Gasteiger partial charge in [-0.25, -0.2) is 0 Å². The van der Waals surface area contributed by atoms with Gasteiger partial charge in [0.15, 0.2) is 0 Å². The normalized spacial score (nSPS) is 10.6. The number of rotatable bonds is 4. The third-order valence-electron chi connectivity index (χ3n) is 3.29. The van der Waals surface area contributed by atoms with Crippen LogP contribution in [0, 0.1) is 0 Å². The summed E-state index contributed by atoms with van der Waals surface area (Å²) in [5.74, 6) is 1.40. The molecule has 0 saturated carbocycles. The van der Waals surface area contributed by atoms with Gasteiger partial charge in [0, 0.05) is 16.3 Å². The minimum Gasteiger partial charge on any atom is -0.494 e. The van der Waals surface area contributed by atoms with E-state index < -0.39 is 0 Å². The van der Waals surface area contributed by atoms with Gasteiger partial charge in [0.25, 0.3) is 0 Å². The van der Waals surface area contributed by atoms with Gasteiger partial charge in [-0.3, -0.25) is 0 Å². The van der Waals surface area contributed by atoms with Gasteiger partial charge in [0.2, 0.25) is 5.88 Å². The lowest BCUT2D eigenvalue weighted by Crippen LogP contribution is -1.96. The van der Waals surface area contributed by atoms with Crippen LogP contribution >= 0.6 is 0 Å². The van der Waals surface area contributed by atoms with Crippen LogP contribution in [0.4, 0.5) is 0 Å². The first-order valence-corrected chi connectivity index (χ1v) is 6.86. The Kier molecular flexibility index (Phi) is 3.69. The largest absolute Gasteiger partial charge is 0.494 e. The van der Waals surface area contributed by atoms with E-state index in [9.17, 15) is 0 Å². The SMILES string of the molecule is CCOc1ccc(-c2nnc(OC)c3ccccc23)cc1. The van der Waals surface area contributed by atoms with Gasteiger partial charge in [-0.05, 0) is 37.3 Å². The Morgan fingerprint density at radius 1 is 0.905 bits per heavy atom. The molecule has 0 aliphatic rings. The summed E-state index contributed by atoms with van der Waals surface area (Å²) in [5.41, 5.74) is 1.85. The lowest BCUT2D eigenvalue weighted by atomic mass is 10.0. The van der Waals surface area contributed by atoms with Crippen molar-refractivity contribution in [2.45, 2.75) is 6.92 Å². The minimum atomic E-state index is 0.542. The van der Waals surface area contributed by atoms with Crippen molar-refractivity contribution in [3.63, 3.8) is 0 Å². The fourth-order valence-corrected chi connectivity index (χ4v) is 2.32. The molecule has 3 aromatic rings. The van der Waals surface area contributed by atoms with Crippen LogP contribution in [0.5, 0.6) is 11.6 Å². The predicted molar refractivity (Wildman–Crippen MR) is 82.7 cm³/mol. The number of ether oxygens (including phenoxy) is 2. The lowest BCUT2D eigenvalue weighted by molar-refractivity contribution is 0.340. The highest BCUT2D eigenvalue weighted by Crippen LogP contribution is 2.31. The predicted octanol–water partition coefficient (Wildman–Crippen LogP) is 3.70. The fourth-order valence-electron chi connectivity index (χ4n) is 2.32. The smallest absolute Gasteiger partial charge is 0.241 e. The number of benzene rings is 2. The Morgan fingerprint density at radius 3 is 2.29 bits per heavy atom. The second kappa shape index (κ2) is 5.79. The Hall–Kier alpha value is -2.62. The molecule has 21 heavy (non-hydrogen) atoms. The summed E-state index contributed by atoms with van der Waals surface area (Å²) in [4.78, 5) is 0. The molecule has 4 nitrogen and oxygen atoms in total. The van der Waals surface area contributed by atoms with Crippen LogP contribution < -0.4 is 9.47 Å². The molecule has 0 radical (unpaired) electrons. The first-order chi connectivity index (χ1) is 10.3. The number of nitrogens with zero attached hydrogens (tertiary/aromatic N) is 2. The van der Waals surface area contributed by atoms with Gasteiger partial charge >= 0.3 is 0 Å². The summed E-state index contributed by atoms with van der Waals surface area (Å²) < 4.78 is 10.7. The van der Waals surface area contributed by atoms with Gasteiger partial charge in [0.1, 0.15) is 11.4 Å². The van der Waals surface area contributed by atoms with Crippen LogP contribution in [0.25, 0.3) is 22.0 Å². The van der Waals surface area contributed by atoms with Gasteiger partial charge in [-0.15, -0.1) is 10.2 Å². The van der Waals surface area contributed by atoms with Crippen LogP contribution in [-0.4, -0.2) is 23.9 Å². The Morgan fingerprint density at radius 2 is 1.62 bits per heavy atom. The van der Waals surface area contributed by atoms with E-state index in [0.29, 0.717) is 12.5 Å². The number of aromatic nitrogens is 2. The number of hydrogen-bond donors (Lipinski definition) is 0. The second-order valence-electron chi connectivity index (χ2n) is 4.56. The van der Waals surface area contributed by atoms with Crippen molar-refractivity contribution in [1.29, 1.82) is 0 Å². The molecule has 0 spiro atoms. The molecule has 0 N–H and O–H groups in total. The van der Waals surface area contributed by atoms with Crippen LogP contribution in [-0.2, 0) is 0 Å². The molecule has 0 fully saturated rings. The third-order valence-corrected chi connectivity index (χ3v) is 3.29. The van der Waals surface area contributed by atoms with Crippen molar-refractivity contribution in [2.75, 3.05) is 13.7 Å². The molecule has 1 heterocycles. The van der Waals surface area contributed by atoms with Gasteiger partial charge in [-0.1, -0.05) is 18.2 Å². The summed E-state index contributed by atoms with van der Waals surface area (Å²) in [7, 11) is 1.60. The van der Waals surface area contributed by atoms with E-state index >= 15 is 0 Å². The molecule has 2 aromatic carbocycles. The highest BCUT2D eigenvalue weighted by molar-refractivity contribution is 5.96. The molecule has 0 bridgehead atoms. The standard InChI is InChI=1S/C17H16N2O2/c1-3-21-13-10-8-12(9-11-13)16-14-6-4-5-7-15(14)17(20-2)19-18-16/h4-11H,3H2,1-2H3. The van der Waals surface area contributed by atoms with Crippen LogP contribution in [0.3, 0.4) is 0 Å². The van der Waals surface area contributed by atoms with Gasteiger partial charge in [0.05, 0.1) is 13.7 Å². The monoisotopic (exact) mass is 280 g/mol. The van der Waals surface area contributed by atoms with E-state index in [-0.39, 0.29) is 0 Å². The Balaban J connectivity index is 2.12. The molecular formula is C17H16N2O2. The van der Waals surface area contributed by atoms with Crippen molar-refractivity contribution in [2.24, 2.45) is 0 Å². The van der Waals surface area contributed by atoms with Crippen molar-refractivity contribution in [3.8, 4) is 22.9 Å². The molecule has 0 amide bonds. The maximum Gasteiger partial charge on any atom is 0.241 e. The molecule has 1 aromatic heterocycles. The maximum absolute atomic E-state index is 5.46. The number of fused-ring (bicyclic) bond motifs is 1. The summed E-state index contributed by atoms with van der Waals surface area (Å²) >= 11 is 0. The zero-order valence-electron chi connectivity index (χ0n) is 12.0. The molecular weight excluding hydrogens is 264 g/mol. The fraction of sp³-hybridized carbons (Fsp3) is 0.176. The second-order valence-corrected chi connectivity index (χ2v) is 4.56. The van der Waals surface area contributed by atoms with Crippen LogP contribution in [0.2, 0.25) is 0 Å². The molecule has 0 aliphatic heterocycles. The van der Waals surface area contributed by atoms with Crippen molar-refractivity contribution in [1.82, 2.24) is 10.2 Å². The highest BCUT2D eigenvalue weighted by atomic mass is 16.5. The zero-order valence-corrected chi connectivity index (χ0v) is 12.0. The van der Waals surface area contributed by atoms with Crippen molar-refractivity contribution >= 4 is 10.8 Å². The lowest BCUT2D eigenvalue weighted by Gasteiger charge is -2.09.